The van der Waals surface area contributed by atoms with Crippen LogP contribution in [0.3, 0.4) is 0 Å². The lowest BCUT2D eigenvalue weighted by molar-refractivity contribution is -0.119. The van der Waals surface area contributed by atoms with Crippen molar-refractivity contribution in [1.29, 1.82) is 5.26 Å². The predicted octanol–water partition coefficient (Wildman–Crippen LogP) is 3.41. The van der Waals surface area contributed by atoms with Gasteiger partial charge in [0, 0.05) is 25.8 Å². The molecule has 5 rings (SSSR count). The van der Waals surface area contributed by atoms with Crippen LogP contribution in [0, 0.1) is 16.7 Å². The summed E-state index contributed by atoms with van der Waals surface area (Å²) in [5.74, 6) is 0.0885. The SMILES string of the molecule is N#Cc1ccsc1N1CCC(NC2c3ccccc3CC23CCOCC3)C1=O. The first-order valence-electron chi connectivity index (χ1n) is 9.92. The molecule has 0 radical (unpaired) electrons. The van der Waals surface area contributed by atoms with E-state index in [1.165, 1.54) is 22.5 Å². The van der Waals surface area contributed by atoms with Gasteiger partial charge >= 0.3 is 0 Å². The fourth-order valence-corrected chi connectivity index (χ4v) is 6.01. The van der Waals surface area contributed by atoms with Crippen molar-refractivity contribution in [2.24, 2.45) is 5.41 Å². The molecule has 0 saturated carbocycles. The van der Waals surface area contributed by atoms with E-state index >= 15 is 0 Å². The average Bonchev–Trinajstić information content (AvgIpc) is 3.40. The van der Waals surface area contributed by atoms with Crippen LogP contribution in [0.2, 0.25) is 0 Å². The van der Waals surface area contributed by atoms with E-state index in [4.69, 9.17) is 4.74 Å². The minimum atomic E-state index is -0.204. The summed E-state index contributed by atoms with van der Waals surface area (Å²) >= 11 is 1.47. The molecule has 2 unspecified atom stereocenters. The zero-order valence-electron chi connectivity index (χ0n) is 15.7. The molecule has 28 heavy (non-hydrogen) atoms. The fraction of sp³-hybridized carbons (Fsp3) is 0.455. The van der Waals surface area contributed by atoms with Crippen LogP contribution in [0.5, 0.6) is 0 Å². The molecule has 2 saturated heterocycles. The Kier molecular flexibility index (Phi) is 4.47. The number of nitrogens with zero attached hydrogens (tertiary/aromatic N) is 2. The summed E-state index contributed by atoms with van der Waals surface area (Å²) in [6.45, 7) is 2.24. The van der Waals surface area contributed by atoms with Crippen LogP contribution in [-0.4, -0.2) is 31.7 Å². The van der Waals surface area contributed by atoms with Gasteiger partial charge in [-0.05, 0) is 53.7 Å². The van der Waals surface area contributed by atoms with Gasteiger partial charge in [-0.3, -0.25) is 10.1 Å². The van der Waals surface area contributed by atoms with Gasteiger partial charge in [0.05, 0.1) is 11.6 Å². The summed E-state index contributed by atoms with van der Waals surface area (Å²) in [5, 5.41) is 15.7. The first-order valence-corrected chi connectivity index (χ1v) is 10.8. The highest BCUT2D eigenvalue weighted by Crippen LogP contribution is 2.52. The zero-order valence-corrected chi connectivity index (χ0v) is 16.5. The van der Waals surface area contributed by atoms with Crippen LogP contribution in [0.4, 0.5) is 5.00 Å². The van der Waals surface area contributed by atoms with Crippen LogP contribution in [0.1, 0.15) is 42.0 Å². The van der Waals surface area contributed by atoms with E-state index in [-0.39, 0.29) is 23.4 Å². The highest BCUT2D eigenvalue weighted by atomic mass is 32.1. The maximum absolute atomic E-state index is 13.2. The molecule has 2 aromatic rings. The lowest BCUT2D eigenvalue weighted by atomic mass is 9.74. The molecule has 6 heteroatoms. The van der Waals surface area contributed by atoms with E-state index in [1.807, 2.05) is 5.38 Å². The number of fused-ring (bicyclic) bond motifs is 1. The molecule has 0 bridgehead atoms. The molecule has 1 aromatic heterocycles. The van der Waals surface area contributed by atoms with E-state index < -0.39 is 0 Å². The van der Waals surface area contributed by atoms with E-state index in [2.05, 4.69) is 35.7 Å². The van der Waals surface area contributed by atoms with Gasteiger partial charge in [0.15, 0.2) is 0 Å². The van der Waals surface area contributed by atoms with Gasteiger partial charge in [-0.1, -0.05) is 24.3 Å². The Morgan fingerprint density at radius 3 is 2.89 bits per heavy atom. The minimum absolute atomic E-state index is 0.0885. The van der Waals surface area contributed by atoms with E-state index in [0.29, 0.717) is 12.1 Å². The lowest BCUT2D eigenvalue weighted by Gasteiger charge is -2.40. The quantitative estimate of drug-likeness (QED) is 0.868. The van der Waals surface area contributed by atoms with Crippen LogP contribution in [-0.2, 0) is 16.0 Å². The minimum Gasteiger partial charge on any atom is -0.381 e. The van der Waals surface area contributed by atoms with Crippen LogP contribution in [0.25, 0.3) is 0 Å². The molecule has 2 aliphatic heterocycles. The number of benzene rings is 1. The molecule has 1 aliphatic carbocycles. The van der Waals surface area contributed by atoms with E-state index in [0.717, 1.165) is 43.9 Å². The summed E-state index contributed by atoms with van der Waals surface area (Å²) in [5.41, 5.74) is 3.46. The summed E-state index contributed by atoms with van der Waals surface area (Å²) < 4.78 is 5.65. The molecule has 3 aliphatic rings. The number of thiophene rings is 1. The van der Waals surface area contributed by atoms with Gasteiger partial charge in [0.1, 0.15) is 11.1 Å². The van der Waals surface area contributed by atoms with E-state index in [9.17, 15) is 10.1 Å². The van der Waals surface area contributed by atoms with Crippen molar-refractivity contribution in [3.05, 3.63) is 52.4 Å². The van der Waals surface area contributed by atoms with Crippen LogP contribution >= 0.6 is 11.3 Å². The third kappa shape index (κ3) is 2.77. The fourth-order valence-electron chi connectivity index (χ4n) is 5.13. The molecule has 3 heterocycles. The van der Waals surface area contributed by atoms with Gasteiger partial charge in [-0.15, -0.1) is 11.3 Å². The first kappa shape index (κ1) is 17.9. The monoisotopic (exact) mass is 393 g/mol. The molecule has 1 aromatic carbocycles. The Labute approximate surface area is 168 Å². The summed E-state index contributed by atoms with van der Waals surface area (Å²) in [6.07, 6.45) is 3.87. The van der Waals surface area contributed by atoms with Crippen LogP contribution in [0.15, 0.2) is 35.7 Å². The molecule has 5 nitrogen and oxygen atoms in total. The molecular formula is C22H23N3O2S. The molecule has 1 N–H and O–H groups in total. The Morgan fingerprint density at radius 2 is 2.07 bits per heavy atom. The number of carbonyl (C=O) groups is 1. The predicted molar refractivity (Wildman–Crippen MR) is 108 cm³/mol. The molecule has 2 atom stereocenters. The van der Waals surface area contributed by atoms with Crippen molar-refractivity contribution in [2.75, 3.05) is 24.7 Å². The second kappa shape index (κ2) is 7.00. The maximum atomic E-state index is 13.2. The largest absolute Gasteiger partial charge is 0.381 e. The normalized spacial score (nSPS) is 25.8. The lowest BCUT2D eigenvalue weighted by Crippen LogP contribution is -2.46. The van der Waals surface area contributed by atoms with Crippen molar-refractivity contribution in [3.8, 4) is 6.07 Å². The van der Waals surface area contributed by atoms with Crippen molar-refractivity contribution < 1.29 is 9.53 Å². The number of nitriles is 1. The Balaban J connectivity index is 1.41. The van der Waals surface area contributed by atoms with Crippen molar-refractivity contribution in [3.63, 3.8) is 0 Å². The maximum Gasteiger partial charge on any atom is 0.244 e. The van der Waals surface area contributed by atoms with Crippen molar-refractivity contribution >= 4 is 22.2 Å². The third-order valence-electron chi connectivity index (χ3n) is 6.59. The zero-order chi connectivity index (χ0) is 19.1. The number of ether oxygens (including phenoxy) is 1. The molecule has 1 spiro atoms. The summed E-state index contributed by atoms with van der Waals surface area (Å²) in [4.78, 5) is 15.0. The summed E-state index contributed by atoms with van der Waals surface area (Å²) in [7, 11) is 0. The smallest absolute Gasteiger partial charge is 0.244 e. The third-order valence-corrected chi connectivity index (χ3v) is 7.53. The van der Waals surface area contributed by atoms with Gasteiger partial charge in [-0.2, -0.15) is 5.26 Å². The Bertz CT molecular complexity index is 941. The Morgan fingerprint density at radius 1 is 1.25 bits per heavy atom. The average molecular weight is 394 g/mol. The number of hydrogen-bond donors (Lipinski definition) is 1. The second-order valence-corrected chi connectivity index (χ2v) is 8.93. The van der Waals surface area contributed by atoms with E-state index in [1.54, 1.807) is 11.0 Å². The molecule has 1 amide bonds. The first-order chi connectivity index (χ1) is 13.7. The number of hydrogen-bond acceptors (Lipinski definition) is 5. The topological polar surface area (TPSA) is 65.4 Å². The highest BCUT2D eigenvalue weighted by Gasteiger charge is 2.48. The second-order valence-electron chi connectivity index (χ2n) is 8.03. The van der Waals surface area contributed by atoms with Crippen molar-refractivity contribution in [1.82, 2.24) is 5.32 Å². The number of amides is 1. The highest BCUT2D eigenvalue weighted by molar-refractivity contribution is 7.14. The number of carbonyl (C=O) groups excluding carboxylic acids is 1. The van der Waals surface area contributed by atoms with Gasteiger partial charge in [0.2, 0.25) is 5.91 Å². The number of anilines is 1. The molecule has 144 valence electrons. The molecular weight excluding hydrogens is 370 g/mol. The standard InChI is InChI=1S/C22H23N3O2S/c23-14-16-6-12-28-21(16)25-9-5-18(20(25)26)24-19-17-4-2-1-3-15(17)13-22(19)7-10-27-11-8-22/h1-4,6,12,18-19,24H,5,7-11,13H2. The van der Waals surface area contributed by atoms with Crippen molar-refractivity contribution in [2.45, 2.75) is 37.8 Å². The number of rotatable bonds is 3. The van der Waals surface area contributed by atoms with Gasteiger partial charge in [-0.25, -0.2) is 0 Å². The van der Waals surface area contributed by atoms with Crippen LogP contribution < -0.4 is 10.2 Å². The van der Waals surface area contributed by atoms with Gasteiger partial charge < -0.3 is 9.64 Å². The molecule has 2 fully saturated rings. The Hall–Kier alpha value is -2.20. The summed E-state index contributed by atoms with van der Waals surface area (Å²) in [6, 6.07) is 12.6. The van der Waals surface area contributed by atoms with Gasteiger partial charge in [0.25, 0.3) is 0 Å². The number of nitrogens with one attached hydrogen (secondary N) is 1.